The number of carbonyl (C=O) groups is 1. The zero-order chi connectivity index (χ0) is 10.6. The molecule has 0 spiro atoms. The fraction of sp³-hybridized carbons (Fsp3) is 0.556. The highest BCUT2D eigenvalue weighted by Gasteiger charge is 2.10. The minimum absolute atomic E-state index is 0.0921. The Morgan fingerprint density at radius 2 is 2.50 bits per heavy atom. The molecule has 1 heterocycles. The first-order chi connectivity index (χ1) is 6.63. The Balaban J connectivity index is 2.50. The number of imidazole rings is 1. The van der Waals surface area contributed by atoms with Gasteiger partial charge in [0.2, 0.25) is 0 Å². The van der Waals surface area contributed by atoms with Crippen LogP contribution in [0.3, 0.4) is 0 Å². The van der Waals surface area contributed by atoms with Crippen LogP contribution in [0.5, 0.6) is 0 Å². The number of nitrogens with one attached hydrogen (secondary N) is 1. The summed E-state index contributed by atoms with van der Waals surface area (Å²) in [5.41, 5.74) is 5.82. The molecule has 0 aromatic carbocycles. The van der Waals surface area contributed by atoms with Crippen LogP contribution >= 0.6 is 0 Å². The Morgan fingerprint density at radius 3 is 3.00 bits per heavy atom. The van der Waals surface area contributed by atoms with Crippen molar-refractivity contribution in [3.05, 3.63) is 18.2 Å². The number of aryl methyl sites for hydroxylation is 1. The molecular formula is C9H16N4O. The third kappa shape index (κ3) is 2.85. The van der Waals surface area contributed by atoms with E-state index in [1.54, 1.807) is 17.1 Å². The van der Waals surface area contributed by atoms with Gasteiger partial charge in [-0.1, -0.05) is 0 Å². The van der Waals surface area contributed by atoms with Gasteiger partial charge in [-0.2, -0.15) is 0 Å². The van der Waals surface area contributed by atoms with Crippen molar-refractivity contribution in [3.8, 4) is 0 Å². The lowest BCUT2D eigenvalue weighted by atomic mass is 10.2. The van der Waals surface area contributed by atoms with Crippen LogP contribution in [0.4, 0.5) is 0 Å². The van der Waals surface area contributed by atoms with Crippen LogP contribution < -0.4 is 11.1 Å². The van der Waals surface area contributed by atoms with Gasteiger partial charge in [0.15, 0.2) is 0 Å². The summed E-state index contributed by atoms with van der Waals surface area (Å²) >= 11 is 0. The van der Waals surface area contributed by atoms with Crippen LogP contribution in [0.2, 0.25) is 0 Å². The fourth-order valence-corrected chi connectivity index (χ4v) is 1.15. The van der Waals surface area contributed by atoms with Crippen LogP contribution in [0.15, 0.2) is 12.5 Å². The third-order valence-corrected chi connectivity index (χ3v) is 1.91. The lowest BCUT2D eigenvalue weighted by molar-refractivity contribution is 0.0934. The lowest BCUT2D eigenvalue weighted by Crippen LogP contribution is -2.34. The molecule has 1 aromatic rings. The highest BCUT2D eigenvalue weighted by molar-refractivity contribution is 5.92. The summed E-state index contributed by atoms with van der Waals surface area (Å²) in [7, 11) is 1.83. The molecule has 5 nitrogen and oxygen atoms in total. The summed E-state index contributed by atoms with van der Waals surface area (Å²) in [6.07, 6.45) is 4.06. The average Bonchev–Trinajstić information content (AvgIpc) is 2.52. The Hall–Kier alpha value is -1.36. The Morgan fingerprint density at radius 1 is 1.79 bits per heavy atom. The normalized spacial score (nSPS) is 12.5. The molecular weight excluding hydrogens is 180 g/mol. The van der Waals surface area contributed by atoms with Gasteiger partial charge in [-0.05, 0) is 19.9 Å². The van der Waals surface area contributed by atoms with Gasteiger partial charge >= 0.3 is 0 Å². The molecule has 0 saturated heterocycles. The minimum atomic E-state index is -0.147. The number of rotatable bonds is 4. The topological polar surface area (TPSA) is 72.9 Å². The van der Waals surface area contributed by atoms with Crippen LogP contribution in [-0.2, 0) is 7.05 Å². The predicted octanol–water partition coefficient (Wildman–Crippen LogP) is -0.113. The molecule has 0 aliphatic carbocycles. The predicted molar refractivity (Wildman–Crippen MR) is 53.8 cm³/mol. The van der Waals surface area contributed by atoms with Crippen LogP contribution in [0.25, 0.3) is 0 Å². The quantitative estimate of drug-likeness (QED) is 0.705. The van der Waals surface area contributed by atoms with E-state index >= 15 is 0 Å². The van der Waals surface area contributed by atoms with Crippen molar-refractivity contribution < 1.29 is 4.79 Å². The van der Waals surface area contributed by atoms with Gasteiger partial charge in [-0.15, -0.1) is 0 Å². The second kappa shape index (κ2) is 4.76. The van der Waals surface area contributed by atoms with E-state index in [1.807, 2.05) is 14.0 Å². The van der Waals surface area contributed by atoms with Crippen LogP contribution in [0, 0.1) is 0 Å². The number of aromatic nitrogens is 2. The zero-order valence-electron chi connectivity index (χ0n) is 8.53. The number of amides is 1. The van der Waals surface area contributed by atoms with Crippen molar-refractivity contribution in [1.82, 2.24) is 14.9 Å². The monoisotopic (exact) mass is 196 g/mol. The molecule has 0 saturated carbocycles. The number of carbonyl (C=O) groups excluding carboxylic acids is 1. The minimum Gasteiger partial charge on any atom is -0.348 e. The van der Waals surface area contributed by atoms with E-state index in [1.165, 1.54) is 0 Å². The van der Waals surface area contributed by atoms with Crippen molar-refractivity contribution in [3.63, 3.8) is 0 Å². The summed E-state index contributed by atoms with van der Waals surface area (Å²) in [5, 5.41) is 2.82. The molecule has 1 rings (SSSR count). The smallest absolute Gasteiger partial charge is 0.271 e. The molecule has 1 unspecified atom stereocenters. The van der Waals surface area contributed by atoms with E-state index in [-0.39, 0.29) is 11.9 Å². The van der Waals surface area contributed by atoms with Gasteiger partial charge in [0.1, 0.15) is 5.69 Å². The third-order valence-electron chi connectivity index (χ3n) is 1.91. The van der Waals surface area contributed by atoms with Gasteiger partial charge in [-0.3, -0.25) is 4.79 Å². The molecule has 3 N–H and O–H groups in total. The summed E-state index contributed by atoms with van der Waals surface area (Å²) < 4.78 is 1.74. The number of nitrogens with two attached hydrogens (primary N) is 1. The van der Waals surface area contributed by atoms with Crippen molar-refractivity contribution in [2.75, 3.05) is 6.54 Å². The molecule has 0 aliphatic heterocycles. The van der Waals surface area contributed by atoms with E-state index in [4.69, 9.17) is 5.73 Å². The van der Waals surface area contributed by atoms with Crippen molar-refractivity contribution in [1.29, 1.82) is 0 Å². The highest BCUT2D eigenvalue weighted by Crippen LogP contribution is 1.96. The Labute approximate surface area is 83.3 Å². The van der Waals surface area contributed by atoms with Gasteiger partial charge in [0.25, 0.3) is 5.91 Å². The first-order valence-electron chi connectivity index (χ1n) is 4.62. The maximum atomic E-state index is 11.5. The second-order valence-electron chi connectivity index (χ2n) is 3.38. The largest absolute Gasteiger partial charge is 0.348 e. The fourth-order valence-electron chi connectivity index (χ4n) is 1.15. The summed E-state index contributed by atoms with van der Waals surface area (Å²) in [6.45, 7) is 2.50. The van der Waals surface area contributed by atoms with E-state index in [0.717, 1.165) is 6.42 Å². The molecule has 0 fully saturated rings. The molecule has 0 radical (unpaired) electrons. The summed E-state index contributed by atoms with van der Waals surface area (Å²) in [6, 6.07) is 0.0921. The first-order valence-corrected chi connectivity index (χ1v) is 4.62. The van der Waals surface area contributed by atoms with Gasteiger partial charge in [0, 0.05) is 19.3 Å². The van der Waals surface area contributed by atoms with E-state index in [0.29, 0.717) is 12.2 Å². The molecule has 1 amide bonds. The van der Waals surface area contributed by atoms with E-state index < -0.39 is 0 Å². The molecule has 78 valence electrons. The Kier molecular flexibility index (Phi) is 3.64. The van der Waals surface area contributed by atoms with Gasteiger partial charge in [-0.25, -0.2) is 4.98 Å². The first kappa shape index (κ1) is 10.7. The average molecular weight is 196 g/mol. The number of hydrogen-bond donors (Lipinski definition) is 2. The second-order valence-corrected chi connectivity index (χ2v) is 3.38. The standard InChI is InChI=1S/C9H16N4O/c1-7(3-4-10)12-9(14)8-5-13(2)6-11-8/h5-7H,3-4,10H2,1-2H3,(H,12,14). The SMILES string of the molecule is CC(CCN)NC(=O)c1cn(C)cn1. The number of nitrogens with zero attached hydrogens (tertiary/aromatic N) is 2. The molecule has 1 atom stereocenters. The maximum Gasteiger partial charge on any atom is 0.271 e. The van der Waals surface area contributed by atoms with E-state index in [2.05, 4.69) is 10.3 Å². The molecule has 0 aliphatic rings. The Bertz CT molecular complexity index is 308. The molecule has 0 bridgehead atoms. The van der Waals surface area contributed by atoms with Crippen molar-refractivity contribution >= 4 is 5.91 Å². The van der Waals surface area contributed by atoms with E-state index in [9.17, 15) is 4.79 Å². The maximum absolute atomic E-state index is 11.5. The van der Waals surface area contributed by atoms with Crippen LogP contribution in [-0.4, -0.2) is 28.0 Å². The van der Waals surface area contributed by atoms with Crippen LogP contribution in [0.1, 0.15) is 23.8 Å². The highest BCUT2D eigenvalue weighted by atomic mass is 16.1. The molecule has 14 heavy (non-hydrogen) atoms. The molecule has 5 heteroatoms. The summed E-state index contributed by atoms with van der Waals surface area (Å²) in [5.74, 6) is -0.147. The summed E-state index contributed by atoms with van der Waals surface area (Å²) in [4.78, 5) is 15.5. The lowest BCUT2D eigenvalue weighted by Gasteiger charge is -2.10. The van der Waals surface area contributed by atoms with Gasteiger partial charge in [0.05, 0.1) is 6.33 Å². The van der Waals surface area contributed by atoms with Gasteiger partial charge < -0.3 is 15.6 Å². The number of hydrogen-bond acceptors (Lipinski definition) is 3. The van der Waals surface area contributed by atoms with Crippen molar-refractivity contribution in [2.45, 2.75) is 19.4 Å². The zero-order valence-corrected chi connectivity index (χ0v) is 8.53. The molecule has 1 aromatic heterocycles. The van der Waals surface area contributed by atoms with Crippen molar-refractivity contribution in [2.24, 2.45) is 12.8 Å².